The van der Waals surface area contributed by atoms with Crippen LogP contribution < -0.4 is 0 Å². The zero-order chi connectivity index (χ0) is 20.7. The second-order valence-corrected chi connectivity index (χ2v) is 7.19. The zero-order valence-corrected chi connectivity index (χ0v) is 16.0. The van der Waals surface area contributed by atoms with Crippen molar-refractivity contribution in [3.8, 4) is 22.6 Å². The Kier molecular flexibility index (Phi) is 4.25. The van der Waals surface area contributed by atoms with E-state index in [1.807, 2.05) is 41.0 Å². The third kappa shape index (κ3) is 2.90. The smallest absolute Gasteiger partial charge is 0.269 e. The van der Waals surface area contributed by atoms with E-state index < -0.39 is 4.92 Å². The van der Waals surface area contributed by atoms with Crippen molar-refractivity contribution in [3.63, 3.8) is 0 Å². The first-order valence-electron chi connectivity index (χ1n) is 9.67. The van der Waals surface area contributed by atoms with Crippen LogP contribution in [0.25, 0.3) is 22.6 Å². The number of hydrogen-bond donors (Lipinski definition) is 0. The number of fused-ring (bicyclic) bond motifs is 3. The zero-order valence-electron chi connectivity index (χ0n) is 16.0. The molecule has 3 aromatic carbocycles. The van der Waals surface area contributed by atoms with Gasteiger partial charge in [-0.2, -0.15) is 0 Å². The number of benzene rings is 3. The lowest BCUT2D eigenvalue weighted by atomic mass is 10.00. The number of ketones is 1. The number of nitro groups is 1. The number of hydrogen-bond acceptors (Lipinski definition) is 4. The predicted octanol–water partition coefficient (Wildman–Crippen LogP) is 4.91. The number of nitro benzene ring substituents is 1. The normalized spacial score (nSPS) is 12.1. The van der Waals surface area contributed by atoms with Crippen molar-refractivity contribution in [2.24, 2.45) is 0 Å². The molecule has 0 N–H and O–H groups in total. The first-order chi connectivity index (χ1) is 14.6. The van der Waals surface area contributed by atoms with Gasteiger partial charge < -0.3 is 4.57 Å². The molecule has 0 radical (unpaired) electrons. The van der Waals surface area contributed by atoms with Gasteiger partial charge in [-0.1, -0.05) is 54.6 Å². The van der Waals surface area contributed by atoms with Crippen LogP contribution in [0.1, 0.15) is 21.6 Å². The number of rotatable bonds is 4. The minimum absolute atomic E-state index is 0.00371. The third-order valence-electron chi connectivity index (χ3n) is 5.43. The molecule has 0 saturated carbocycles. The number of imidazole rings is 1. The molecule has 6 nitrogen and oxygen atoms in total. The molecule has 0 atom stereocenters. The van der Waals surface area contributed by atoms with Crippen LogP contribution in [0.15, 0.2) is 78.9 Å². The minimum atomic E-state index is -0.436. The molecule has 0 spiro atoms. The van der Waals surface area contributed by atoms with E-state index in [4.69, 9.17) is 4.98 Å². The lowest BCUT2D eigenvalue weighted by Gasteiger charge is -2.19. The summed E-state index contributed by atoms with van der Waals surface area (Å²) in [7, 11) is 0. The fourth-order valence-electron chi connectivity index (χ4n) is 3.96. The van der Waals surface area contributed by atoms with E-state index in [9.17, 15) is 14.9 Å². The van der Waals surface area contributed by atoms with E-state index in [0.717, 1.165) is 17.8 Å². The second-order valence-electron chi connectivity index (χ2n) is 7.19. The van der Waals surface area contributed by atoms with Gasteiger partial charge in [0, 0.05) is 35.4 Å². The Morgan fingerprint density at radius 2 is 1.63 bits per heavy atom. The summed E-state index contributed by atoms with van der Waals surface area (Å²) in [6.45, 7) is 0.653. The Morgan fingerprint density at radius 1 is 0.933 bits per heavy atom. The van der Waals surface area contributed by atoms with Crippen LogP contribution in [0.3, 0.4) is 0 Å². The highest BCUT2D eigenvalue weighted by Gasteiger charge is 2.28. The molecule has 146 valence electrons. The summed E-state index contributed by atoms with van der Waals surface area (Å²) in [5.74, 6) is 0.645. The van der Waals surface area contributed by atoms with E-state index in [1.54, 1.807) is 24.3 Å². The van der Waals surface area contributed by atoms with Gasteiger partial charge >= 0.3 is 0 Å². The van der Waals surface area contributed by atoms with E-state index in [-0.39, 0.29) is 11.5 Å². The number of aromatic nitrogens is 2. The summed E-state index contributed by atoms with van der Waals surface area (Å²) in [5.41, 5.74) is 4.54. The number of non-ortho nitro benzene ring substituents is 1. The molecule has 4 aromatic rings. The van der Waals surface area contributed by atoms with Crippen molar-refractivity contribution < 1.29 is 9.72 Å². The molecule has 0 fully saturated rings. The number of aryl methyl sites for hydroxylation is 1. The van der Waals surface area contributed by atoms with Crippen LogP contribution in [0.4, 0.5) is 5.69 Å². The van der Waals surface area contributed by atoms with Crippen LogP contribution >= 0.6 is 0 Å². The molecule has 1 aromatic heterocycles. The van der Waals surface area contributed by atoms with Crippen molar-refractivity contribution >= 4 is 11.5 Å². The molecule has 2 heterocycles. The summed E-state index contributed by atoms with van der Waals surface area (Å²) in [4.78, 5) is 28.9. The lowest BCUT2D eigenvalue weighted by Crippen LogP contribution is -2.17. The summed E-state index contributed by atoms with van der Waals surface area (Å²) < 4.78 is 1.98. The molecule has 0 bridgehead atoms. The predicted molar refractivity (Wildman–Crippen MR) is 113 cm³/mol. The standard InChI is InChI=1S/C24H17N3O3/c28-23(18-7-2-1-3-8-18)22-21(17-10-12-19(13-11-17)27(29)30)25-24-20-9-5-4-6-16(20)14-15-26(22)24/h1-13H,14-15H2. The van der Waals surface area contributed by atoms with Crippen molar-refractivity contribution in [2.75, 3.05) is 0 Å². The molecule has 6 heteroatoms. The first-order valence-corrected chi connectivity index (χ1v) is 9.67. The van der Waals surface area contributed by atoms with Crippen LogP contribution in [0.2, 0.25) is 0 Å². The highest BCUT2D eigenvalue weighted by atomic mass is 16.6. The molecule has 0 saturated heterocycles. The fourth-order valence-corrected chi connectivity index (χ4v) is 3.96. The Balaban J connectivity index is 1.73. The van der Waals surface area contributed by atoms with Crippen molar-refractivity contribution in [3.05, 3.63) is 106 Å². The number of carbonyl (C=O) groups is 1. The van der Waals surface area contributed by atoms with Gasteiger partial charge in [0.15, 0.2) is 0 Å². The molecule has 5 rings (SSSR count). The average molecular weight is 395 g/mol. The minimum Gasteiger partial charge on any atom is -0.320 e. The van der Waals surface area contributed by atoms with Gasteiger partial charge in [-0.25, -0.2) is 4.98 Å². The van der Waals surface area contributed by atoms with Gasteiger partial charge in [-0.15, -0.1) is 0 Å². The Hall–Kier alpha value is -4.06. The van der Waals surface area contributed by atoms with Gasteiger partial charge in [0.25, 0.3) is 5.69 Å². The SMILES string of the molecule is O=C(c1ccccc1)c1c(-c2ccc([N+](=O)[O-])cc2)nc2n1CCc1ccccc1-2. The second kappa shape index (κ2) is 7.08. The quantitative estimate of drug-likeness (QED) is 0.279. The Morgan fingerprint density at radius 3 is 2.37 bits per heavy atom. The van der Waals surface area contributed by atoms with Gasteiger partial charge in [-0.3, -0.25) is 14.9 Å². The van der Waals surface area contributed by atoms with Crippen molar-refractivity contribution in [2.45, 2.75) is 13.0 Å². The fraction of sp³-hybridized carbons (Fsp3) is 0.0833. The molecule has 0 aliphatic carbocycles. The average Bonchev–Trinajstić information content (AvgIpc) is 3.19. The van der Waals surface area contributed by atoms with E-state index in [2.05, 4.69) is 6.07 Å². The van der Waals surface area contributed by atoms with Crippen LogP contribution in [0, 0.1) is 10.1 Å². The van der Waals surface area contributed by atoms with Crippen LogP contribution in [0.5, 0.6) is 0 Å². The maximum Gasteiger partial charge on any atom is 0.269 e. The third-order valence-corrected chi connectivity index (χ3v) is 5.43. The molecular weight excluding hydrogens is 378 g/mol. The Labute approximate surface area is 172 Å². The monoisotopic (exact) mass is 395 g/mol. The van der Waals surface area contributed by atoms with E-state index >= 15 is 0 Å². The van der Waals surface area contributed by atoms with Gasteiger partial charge in [0.1, 0.15) is 17.2 Å². The van der Waals surface area contributed by atoms with Crippen molar-refractivity contribution in [1.29, 1.82) is 0 Å². The summed E-state index contributed by atoms with van der Waals surface area (Å²) >= 11 is 0. The summed E-state index contributed by atoms with van der Waals surface area (Å²) in [5, 5.41) is 11.0. The highest BCUT2D eigenvalue weighted by molar-refractivity contribution is 6.12. The molecular formula is C24H17N3O3. The van der Waals surface area contributed by atoms with Crippen molar-refractivity contribution in [1.82, 2.24) is 9.55 Å². The molecule has 1 aliphatic rings. The van der Waals surface area contributed by atoms with Crippen LogP contribution in [-0.2, 0) is 13.0 Å². The van der Waals surface area contributed by atoms with Gasteiger partial charge in [-0.05, 0) is 24.1 Å². The summed E-state index contributed by atoms with van der Waals surface area (Å²) in [6.07, 6.45) is 0.814. The maximum absolute atomic E-state index is 13.5. The molecule has 1 aliphatic heterocycles. The molecule has 0 amide bonds. The molecule has 30 heavy (non-hydrogen) atoms. The van der Waals surface area contributed by atoms with Gasteiger partial charge in [0.05, 0.1) is 4.92 Å². The van der Waals surface area contributed by atoms with E-state index in [1.165, 1.54) is 17.7 Å². The van der Waals surface area contributed by atoms with Gasteiger partial charge in [0.2, 0.25) is 5.78 Å². The number of carbonyl (C=O) groups excluding carboxylic acids is 1. The first kappa shape index (κ1) is 18.0. The van der Waals surface area contributed by atoms with E-state index in [0.29, 0.717) is 29.1 Å². The largest absolute Gasteiger partial charge is 0.320 e. The Bertz CT molecular complexity index is 1280. The van der Waals surface area contributed by atoms with Crippen LogP contribution in [-0.4, -0.2) is 20.3 Å². The maximum atomic E-state index is 13.5. The molecule has 0 unspecified atom stereocenters. The topological polar surface area (TPSA) is 78.0 Å². The summed E-state index contributed by atoms with van der Waals surface area (Å²) in [6, 6.07) is 23.4. The number of nitrogens with zero attached hydrogens (tertiary/aromatic N) is 3. The highest BCUT2D eigenvalue weighted by Crippen LogP contribution is 2.36. The lowest BCUT2D eigenvalue weighted by molar-refractivity contribution is -0.384.